The summed E-state index contributed by atoms with van der Waals surface area (Å²) < 4.78 is 5.13. The van der Waals surface area contributed by atoms with Crippen molar-refractivity contribution in [1.29, 1.82) is 0 Å². The standard InChI is InChI=1S/C16H28N2O3/c1-4-13-14(19)17-16(9-6-5-7-10-16)15(20)18(13)12(2)8-11-21-3/h12-13H,4-11H2,1-3H3,(H,17,19). The van der Waals surface area contributed by atoms with Crippen LogP contribution in [0.25, 0.3) is 0 Å². The van der Waals surface area contributed by atoms with Crippen LogP contribution in [0.1, 0.15) is 58.8 Å². The number of hydrogen-bond acceptors (Lipinski definition) is 3. The molecule has 0 bridgehead atoms. The quantitative estimate of drug-likeness (QED) is 0.842. The molecule has 1 aliphatic carbocycles. The molecule has 1 aliphatic heterocycles. The maximum atomic E-state index is 13.1. The van der Waals surface area contributed by atoms with E-state index >= 15 is 0 Å². The highest BCUT2D eigenvalue weighted by Crippen LogP contribution is 2.35. The number of nitrogens with zero attached hydrogens (tertiary/aromatic N) is 1. The first-order chi connectivity index (χ1) is 10.1. The van der Waals surface area contributed by atoms with Gasteiger partial charge in [-0.2, -0.15) is 0 Å². The van der Waals surface area contributed by atoms with Crippen LogP contribution in [-0.2, 0) is 14.3 Å². The molecule has 0 aromatic heterocycles. The van der Waals surface area contributed by atoms with Crippen LogP contribution in [0.4, 0.5) is 0 Å². The molecule has 2 fully saturated rings. The largest absolute Gasteiger partial charge is 0.385 e. The number of amides is 2. The van der Waals surface area contributed by atoms with E-state index in [9.17, 15) is 9.59 Å². The van der Waals surface area contributed by atoms with E-state index < -0.39 is 5.54 Å². The number of carbonyl (C=O) groups excluding carboxylic acids is 2. The molecule has 1 saturated carbocycles. The van der Waals surface area contributed by atoms with E-state index in [-0.39, 0.29) is 23.9 Å². The van der Waals surface area contributed by atoms with Gasteiger partial charge in [0.1, 0.15) is 11.6 Å². The predicted octanol–water partition coefficient (Wildman–Crippen LogP) is 1.85. The summed E-state index contributed by atoms with van der Waals surface area (Å²) in [5.41, 5.74) is -0.637. The third kappa shape index (κ3) is 3.07. The summed E-state index contributed by atoms with van der Waals surface area (Å²) in [5, 5.41) is 3.06. The Morgan fingerprint density at radius 2 is 2.00 bits per heavy atom. The third-order valence-electron chi connectivity index (χ3n) is 4.95. The van der Waals surface area contributed by atoms with Gasteiger partial charge in [0.2, 0.25) is 11.8 Å². The zero-order valence-electron chi connectivity index (χ0n) is 13.5. The zero-order chi connectivity index (χ0) is 15.5. The molecule has 0 aromatic rings. The highest BCUT2D eigenvalue weighted by Gasteiger charge is 2.51. The van der Waals surface area contributed by atoms with E-state index in [0.717, 1.165) is 38.5 Å². The molecule has 1 N–H and O–H groups in total. The molecular weight excluding hydrogens is 268 g/mol. The van der Waals surface area contributed by atoms with Crippen LogP contribution in [0.15, 0.2) is 0 Å². The van der Waals surface area contributed by atoms with Crippen LogP contribution >= 0.6 is 0 Å². The molecular formula is C16H28N2O3. The Balaban J connectivity index is 2.23. The van der Waals surface area contributed by atoms with E-state index in [1.807, 2.05) is 18.7 Å². The van der Waals surface area contributed by atoms with E-state index in [1.165, 1.54) is 0 Å². The fraction of sp³-hybridized carbons (Fsp3) is 0.875. The average Bonchev–Trinajstić information content (AvgIpc) is 2.49. The van der Waals surface area contributed by atoms with Crippen LogP contribution in [-0.4, -0.2) is 48.1 Å². The van der Waals surface area contributed by atoms with E-state index in [1.54, 1.807) is 7.11 Å². The van der Waals surface area contributed by atoms with E-state index in [4.69, 9.17) is 4.74 Å². The van der Waals surface area contributed by atoms with Gasteiger partial charge in [-0.1, -0.05) is 26.2 Å². The summed E-state index contributed by atoms with van der Waals surface area (Å²) >= 11 is 0. The molecule has 5 heteroatoms. The van der Waals surface area contributed by atoms with Crippen molar-refractivity contribution in [2.75, 3.05) is 13.7 Å². The molecule has 2 atom stereocenters. The smallest absolute Gasteiger partial charge is 0.249 e. The number of carbonyl (C=O) groups is 2. The van der Waals surface area contributed by atoms with Crippen molar-refractivity contribution < 1.29 is 14.3 Å². The summed E-state index contributed by atoms with van der Waals surface area (Å²) in [4.78, 5) is 27.4. The number of rotatable bonds is 5. The molecule has 1 saturated heterocycles. The van der Waals surface area contributed by atoms with Crippen LogP contribution in [0, 0.1) is 0 Å². The van der Waals surface area contributed by atoms with Gasteiger partial charge in [-0.15, -0.1) is 0 Å². The third-order valence-corrected chi connectivity index (χ3v) is 4.95. The Hall–Kier alpha value is -1.10. The minimum absolute atomic E-state index is 0.0169. The van der Waals surface area contributed by atoms with Gasteiger partial charge in [-0.25, -0.2) is 0 Å². The summed E-state index contributed by atoms with van der Waals surface area (Å²) in [6.07, 6.45) is 6.17. The van der Waals surface area contributed by atoms with Crippen molar-refractivity contribution in [3.8, 4) is 0 Å². The highest BCUT2D eigenvalue weighted by atomic mass is 16.5. The number of ether oxygens (including phenoxy) is 1. The first-order valence-electron chi connectivity index (χ1n) is 8.19. The lowest BCUT2D eigenvalue weighted by atomic mass is 9.78. The lowest BCUT2D eigenvalue weighted by Gasteiger charge is -2.49. The molecule has 120 valence electrons. The summed E-state index contributed by atoms with van der Waals surface area (Å²) in [6.45, 7) is 4.59. The van der Waals surface area contributed by atoms with Gasteiger partial charge in [-0.05, 0) is 32.6 Å². The van der Waals surface area contributed by atoms with Crippen LogP contribution in [0.5, 0.6) is 0 Å². The van der Waals surface area contributed by atoms with Crippen LogP contribution < -0.4 is 5.32 Å². The second-order valence-electron chi connectivity index (χ2n) is 6.40. The molecule has 2 aliphatic rings. The maximum absolute atomic E-state index is 13.1. The molecule has 1 heterocycles. The second kappa shape index (κ2) is 6.77. The van der Waals surface area contributed by atoms with Gasteiger partial charge in [0.05, 0.1) is 0 Å². The van der Waals surface area contributed by atoms with Crippen LogP contribution in [0.3, 0.4) is 0 Å². The Labute approximate surface area is 127 Å². The Kier molecular flexibility index (Phi) is 5.25. The minimum Gasteiger partial charge on any atom is -0.385 e. The fourth-order valence-corrected chi connectivity index (χ4v) is 3.70. The average molecular weight is 296 g/mol. The summed E-state index contributed by atoms with van der Waals surface area (Å²) in [7, 11) is 1.66. The topological polar surface area (TPSA) is 58.6 Å². The number of nitrogens with one attached hydrogen (secondary N) is 1. The van der Waals surface area contributed by atoms with Crippen molar-refractivity contribution in [2.24, 2.45) is 0 Å². The Bertz CT molecular complexity index is 391. The second-order valence-corrected chi connectivity index (χ2v) is 6.40. The van der Waals surface area contributed by atoms with Crippen molar-refractivity contribution in [3.63, 3.8) is 0 Å². The molecule has 5 nitrogen and oxygen atoms in total. The molecule has 21 heavy (non-hydrogen) atoms. The zero-order valence-corrected chi connectivity index (χ0v) is 13.5. The van der Waals surface area contributed by atoms with Crippen molar-refractivity contribution in [2.45, 2.75) is 76.4 Å². The summed E-state index contributed by atoms with van der Waals surface area (Å²) in [6, 6.07) is -0.302. The SMILES string of the molecule is CCC1C(=O)NC2(CCCCC2)C(=O)N1C(C)CCOC. The Morgan fingerprint density at radius 1 is 1.33 bits per heavy atom. The lowest BCUT2D eigenvalue weighted by Crippen LogP contribution is -2.72. The first kappa shape index (κ1) is 16.3. The monoisotopic (exact) mass is 296 g/mol. The van der Waals surface area contributed by atoms with Gasteiger partial charge < -0.3 is 15.0 Å². The van der Waals surface area contributed by atoms with Gasteiger partial charge in [-0.3, -0.25) is 9.59 Å². The van der Waals surface area contributed by atoms with Gasteiger partial charge in [0, 0.05) is 19.8 Å². The van der Waals surface area contributed by atoms with E-state index in [2.05, 4.69) is 5.32 Å². The van der Waals surface area contributed by atoms with Gasteiger partial charge in [0.15, 0.2) is 0 Å². The minimum atomic E-state index is -0.637. The van der Waals surface area contributed by atoms with E-state index in [0.29, 0.717) is 13.0 Å². The Morgan fingerprint density at radius 3 is 2.57 bits per heavy atom. The number of piperazine rings is 1. The normalized spacial score (nSPS) is 26.8. The highest BCUT2D eigenvalue weighted by molar-refractivity contribution is 6.00. The first-order valence-corrected chi connectivity index (χ1v) is 8.19. The molecule has 2 amide bonds. The van der Waals surface area contributed by atoms with Crippen LogP contribution in [0.2, 0.25) is 0 Å². The fourth-order valence-electron chi connectivity index (χ4n) is 3.70. The van der Waals surface area contributed by atoms with Crippen molar-refractivity contribution in [1.82, 2.24) is 10.2 Å². The van der Waals surface area contributed by atoms with Crippen molar-refractivity contribution >= 4 is 11.8 Å². The maximum Gasteiger partial charge on any atom is 0.249 e. The lowest BCUT2D eigenvalue weighted by molar-refractivity contribution is -0.159. The molecule has 1 spiro atoms. The van der Waals surface area contributed by atoms with Crippen molar-refractivity contribution in [3.05, 3.63) is 0 Å². The number of hydrogen-bond donors (Lipinski definition) is 1. The van der Waals surface area contributed by atoms with Gasteiger partial charge >= 0.3 is 0 Å². The number of methoxy groups -OCH3 is 1. The molecule has 0 aromatic carbocycles. The molecule has 2 rings (SSSR count). The predicted molar refractivity (Wildman–Crippen MR) is 80.8 cm³/mol. The molecule has 2 unspecified atom stereocenters. The molecule has 0 radical (unpaired) electrons. The summed E-state index contributed by atoms with van der Waals surface area (Å²) in [5.74, 6) is 0.139. The van der Waals surface area contributed by atoms with Gasteiger partial charge in [0.25, 0.3) is 0 Å².